The van der Waals surface area contributed by atoms with Crippen molar-refractivity contribution in [1.82, 2.24) is 4.98 Å². The average molecular weight is 192 g/mol. The van der Waals surface area contributed by atoms with Crippen LogP contribution in [-0.4, -0.2) is 16.6 Å². The van der Waals surface area contributed by atoms with Gasteiger partial charge >= 0.3 is 0 Å². The van der Waals surface area contributed by atoms with Gasteiger partial charge in [-0.3, -0.25) is 0 Å². The Labute approximate surface area is 83.6 Å². The van der Waals surface area contributed by atoms with Crippen LogP contribution in [0.1, 0.15) is 13.0 Å². The second-order valence-electron chi connectivity index (χ2n) is 3.05. The molecule has 0 aliphatic carbocycles. The summed E-state index contributed by atoms with van der Waals surface area (Å²) in [5, 5.41) is 10.5. The highest BCUT2D eigenvalue weighted by Crippen LogP contribution is 2.27. The molecule has 3 heteroatoms. The SMILES string of the molecule is C.NCCc1c[nH]c2cccc(O)c12. The highest BCUT2D eigenvalue weighted by molar-refractivity contribution is 5.88. The lowest BCUT2D eigenvalue weighted by Crippen LogP contribution is -2.01. The van der Waals surface area contributed by atoms with Gasteiger partial charge in [-0.25, -0.2) is 0 Å². The third kappa shape index (κ3) is 1.59. The maximum absolute atomic E-state index is 9.61. The van der Waals surface area contributed by atoms with Gasteiger partial charge in [0, 0.05) is 17.1 Å². The monoisotopic (exact) mass is 192 g/mol. The topological polar surface area (TPSA) is 62.0 Å². The second-order valence-corrected chi connectivity index (χ2v) is 3.05. The van der Waals surface area contributed by atoms with Gasteiger partial charge in [-0.05, 0) is 30.7 Å². The molecule has 0 atom stereocenters. The minimum absolute atomic E-state index is 0. The van der Waals surface area contributed by atoms with Crippen LogP contribution < -0.4 is 5.73 Å². The van der Waals surface area contributed by atoms with Crippen LogP contribution in [0, 0.1) is 0 Å². The van der Waals surface area contributed by atoms with Crippen molar-refractivity contribution in [1.29, 1.82) is 0 Å². The number of rotatable bonds is 2. The number of phenolic OH excluding ortho intramolecular Hbond substituents is 1. The largest absolute Gasteiger partial charge is 0.507 e. The summed E-state index contributed by atoms with van der Waals surface area (Å²) < 4.78 is 0. The molecule has 0 unspecified atom stereocenters. The van der Waals surface area contributed by atoms with Gasteiger partial charge in [-0.1, -0.05) is 13.5 Å². The van der Waals surface area contributed by atoms with E-state index in [1.165, 1.54) is 0 Å². The van der Waals surface area contributed by atoms with Crippen LogP contribution >= 0.6 is 0 Å². The van der Waals surface area contributed by atoms with Crippen LogP contribution in [-0.2, 0) is 6.42 Å². The van der Waals surface area contributed by atoms with Gasteiger partial charge in [-0.15, -0.1) is 0 Å². The molecule has 0 fully saturated rings. The van der Waals surface area contributed by atoms with Gasteiger partial charge in [0.2, 0.25) is 0 Å². The molecule has 2 aromatic rings. The van der Waals surface area contributed by atoms with Gasteiger partial charge in [0.05, 0.1) is 0 Å². The van der Waals surface area contributed by atoms with Gasteiger partial charge < -0.3 is 15.8 Å². The molecular formula is C11H16N2O. The minimum Gasteiger partial charge on any atom is -0.507 e. The zero-order valence-electron chi connectivity index (χ0n) is 7.25. The van der Waals surface area contributed by atoms with Crippen LogP contribution in [0.25, 0.3) is 10.9 Å². The lowest BCUT2D eigenvalue weighted by Gasteiger charge is -1.98. The molecule has 2 rings (SSSR count). The number of H-pyrrole nitrogens is 1. The zero-order chi connectivity index (χ0) is 9.26. The fourth-order valence-corrected chi connectivity index (χ4v) is 1.59. The Hall–Kier alpha value is -1.48. The van der Waals surface area contributed by atoms with Crippen molar-refractivity contribution in [2.45, 2.75) is 13.8 Å². The van der Waals surface area contributed by atoms with Crippen molar-refractivity contribution in [3.05, 3.63) is 30.0 Å². The highest BCUT2D eigenvalue weighted by Gasteiger charge is 2.05. The molecule has 1 heterocycles. The van der Waals surface area contributed by atoms with Crippen LogP contribution in [0.3, 0.4) is 0 Å². The summed E-state index contributed by atoms with van der Waals surface area (Å²) in [6.45, 7) is 0.598. The molecule has 0 radical (unpaired) electrons. The summed E-state index contributed by atoms with van der Waals surface area (Å²) in [5.41, 5.74) is 7.51. The van der Waals surface area contributed by atoms with E-state index in [9.17, 15) is 5.11 Å². The highest BCUT2D eigenvalue weighted by atomic mass is 16.3. The molecule has 0 amide bonds. The van der Waals surface area contributed by atoms with Crippen LogP contribution in [0.5, 0.6) is 5.75 Å². The third-order valence-electron chi connectivity index (χ3n) is 2.18. The lowest BCUT2D eigenvalue weighted by molar-refractivity contribution is 0.481. The first-order chi connectivity index (χ1) is 6.33. The van der Waals surface area contributed by atoms with Crippen LogP contribution in [0.4, 0.5) is 0 Å². The standard InChI is InChI=1S/C10H12N2O.CH4/c11-5-4-7-6-12-8-2-1-3-9(13)10(7)8;/h1-3,6,12-13H,4-5,11H2;1H4. The van der Waals surface area contributed by atoms with Crippen molar-refractivity contribution >= 4 is 10.9 Å². The quantitative estimate of drug-likeness (QED) is 0.681. The normalized spacial score (nSPS) is 10.1. The Kier molecular flexibility index (Phi) is 3.14. The smallest absolute Gasteiger partial charge is 0.125 e. The van der Waals surface area contributed by atoms with E-state index in [0.717, 1.165) is 22.9 Å². The number of hydrogen-bond acceptors (Lipinski definition) is 2. The van der Waals surface area contributed by atoms with Gasteiger partial charge in [0.15, 0.2) is 0 Å². The summed E-state index contributed by atoms with van der Waals surface area (Å²) >= 11 is 0. The molecule has 4 N–H and O–H groups in total. The number of aromatic nitrogens is 1. The fraction of sp³-hybridized carbons (Fsp3) is 0.273. The molecule has 0 saturated heterocycles. The van der Waals surface area contributed by atoms with Crippen molar-refractivity contribution in [3.8, 4) is 5.75 Å². The Bertz CT molecular complexity index is 420. The predicted molar refractivity (Wildman–Crippen MR) is 59.5 cm³/mol. The molecular weight excluding hydrogens is 176 g/mol. The molecule has 0 saturated carbocycles. The summed E-state index contributed by atoms with van der Waals surface area (Å²) in [4.78, 5) is 3.10. The van der Waals surface area contributed by atoms with E-state index in [1.807, 2.05) is 18.3 Å². The van der Waals surface area contributed by atoms with E-state index in [1.54, 1.807) is 6.07 Å². The molecule has 3 nitrogen and oxygen atoms in total. The van der Waals surface area contributed by atoms with Crippen LogP contribution in [0.2, 0.25) is 0 Å². The Morgan fingerprint density at radius 3 is 2.86 bits per heavy atom. The summed E-state index contributed by atoms with van der Waals surface area (Å²) in [5.74, 6) is 0.321. The fourth-order valence-electron chi connectivity index (χ4n) is 1.59. The maximum atomic E-state index is 9.61. The zero-order valence-corrected chi connectivity index (χ0v) is 7.25. The molecule has 0 spiro atoms. The molecule has 14 heavy (non-hydrogen) atoms. The first-order valence-electron chi connectivity index (χ1n) is 4.31. The van der Waals surface area contributed by atoms with Crippen molar-refractivity contribution in [3.63, 3.8) is 0 Å². The number of nitrogens with two attached hydrogens (primary N) is 1. The van der Waals surface area contributed by atoms with Gasteiger partial charge in [0.25, 0.3) is 0 Å². The number of phenols is 1. The average Bonchev–Trinajstić information content (AvgIpc) is 2.51. The Balaban J connectivity index is 0.000000980. The summed E-state index contributed by atoms with van der Waals surface area (Å²) in [7, 11) is 0. The molecule has 1 aromatic heterocycles. The Morgan fingerprint density at radius 2 is 2.14 bits per heavy atom. The maximum Gasteiger partial charge on any atom is 0.125 e. The molecule has 76 valence electrons. The molecule has 0 aliphatic heterocycles. The summed E-state index contributed by atoms with van der Waals surface area (Å²) in [6, 6.07) is 5.45. The van der Waals surface area contributed by atoms with E-state index in [-0.39, 0.29) is 7.43 Å². The first kappa shape index (κ1) is 10.6. The van der Waals surface area contributed by atoms with E-state index < -0.39 is 0 Å². The van der Waals surface area contributed by atoms with Gasteiger partial charge in [-0.2, -0.15) is 0 Å². The molecule has 1 aromatic carbocycles. The number of benzene rings is 1. The number of nitrogens with one attached hydrogen (secondary N) is 1. The second kappa shape index (κ2) is 4.15. The van der Waals surface area contributed by atoms with E-state index in [2.05, 4.69) is 4.98 Å². The van der Waals surface area contributed by atoms with E-state index >= 15 is 0 Å². The third-order valence-corrected chi connectivity index (χ3v) is 2.18. The Morgan fingerprint density at radius 1 is 1.36 bits per heavy atom. The minimum atomic E-state index is 0. The van der Waals surface area contributed by atoms with E-state index in [0.29, 0.717) is 12.3 Å². The molecule has 0 bridgehead atoms. The van der Waals surface area contributed by atoms with Crippen molar-refractivity contribution in [2.24, 2.45) is 5.73 Å². The van der Waals surface area contributed by atoms with Crippen LogP contribution in [0.15, 0.2) is 24.4 Å². The summed E-state index contributed by atoms with van der Waals surface area (Å²) in [6.07, 6.45) is 2.69. The first-order valence-corrected chi connectivity index (χ1v) is 4.31. The van der Waals surface area contributed by atoms with Gasteiger partial charge in [0.1, 0.15) is 5.75 Å². The number of hydrogen-bond donors (Lipinski definition) is 3. The van der Waals surface area contributed by atoms with Crippen molar-refractivity contribution < 1.29 is 5.11 Å². The van der Waals surface area contributed by atoms with Crippen molar-refractivity contribution in [2.75, 3.05) is 6.54 Å². The molecule has 0 aliphatic rings. The van der Waals surface area contributed by atoms with E-state index in [4.69, 9.17) is 5.73 Å². The lowest BCUT2D eigenvalue weighted by atomic mass is 10.1. The predicted octanol–water partition coefficient (Wildman–Crippen LogP) is 2.01. The number of aromatic amines is 1. The number of aromatic hydroxyl groups is 1. The number of fused-ring (bicyclic) bond motifs is 1.